The van der Waals surface area contributed by atoms with E-state index in [1.54, 1.807) is 0 Å². The van der Waals surface area contributed by atoms with E-state index >= 15 is 0 Å². The monoisotopic (exact) mass is 409 g/mol. The van der Waals surface area contributed by atoms with Crippen LogP contribution in [0, 0.1) is 12.3 Å². The Bertz CT molecular complexity index is 862. The van der Waals surface area contributed by atoms with Gasteiger partial charge in [-0.3, -0.25) is 4.79 Å². The zero-order valence-electron chi connectivity index (χ0n) is 20.1. The third-order valence-electron chi connectivity index (χ3n) is 5.69. The number of hydrogen-bond acceptors (Lipinski definition) is 3. The molecule has 0 aliphatic carbocycles. The fraction of sp³-hybridized carbons (Fsp3) is 0.519. The van der Waals surface area contributed by atoms with E-state index in [9.17, 15) is 4.79 Å². The van der Waals surface area contributed by atoms with Gasteiger partial charge in [0, 0.05) is 19.8 Å². The lowest BCUT2D eigenvalue weighted by atomic mass is 9.78. The van der Waals surface area contributed by atoms with Crippen molar-refractivity contribution in [3.05, 3.63) is 53.1 Å². The first-order valence-corrected chi connectivity index (χ1v) is 11.1. The summed E-state index contributed by atoms with van der Waals surface area (Å²) in [5, 5.41) is 0. The summed E-state index contributed by atoms with van der Waals surface area (Å²) in [5.41, 5.74) is 7.17. The molecule has 0 amide bonds. The third kappa shape index (κ3) is 6.10. The second-order valence-electron chi connectivity index (χ2n) is 9.75. The zero-order valence-corrected chi connectivity index (χ0v) is 20.1. The number of benzene rings is 2. The van der Waals surface area contributed by atoms with Crippen LogP contribution in [0.25, 0.3) is 11.1 Å². The minimum Gasteiger partial charge on any atom is -0.469 e. The van der Waals surface area contributed by atoms with Crippen molar-refractivity contribution in [2.24, 2.45) is 5.41 Å². The summed E-state index contributed by atoms with van der Waals surface area (Å²) in [5.74, 6) is -0.467. The molecule has 1 unspecified atom stereocenters. The molecule has 0 spiro atoms. The van der Waals surface area contributed by atoms with Crippen LogP contribution >= 0.6 is 0 Å². The molecule has 0 fully saturated rings. The van der Waals surface area contributed by atoms with Crippen LogP contribution < -0.4 is 4.90 Å². The minimum absolute atomic E-state index is 0.00378. The number of anilines is 1. The fourth-order valence-corrected chi connectivity index (χ4v) is 3.93. The number of esters is 1. The first-order chi connectivity index (χ1) is 14.1. The molecular formula is C27H39NO2. The number of unbranched alkanes of at least 4 members (excludes halogenated alkanes) is 1. The minimum atomic E-state index is -0.301. The quantitative estimate of drug-likeness (QED) is 0.451. The number of methoxy groups -OCH3 is 1. The van der Waals surface area contributed by atoms with Crippen LogP contribution in [0.1, 0.15) is 69.6 Å². The molecule has 0 aliphatic rings. The van der Waals surface area contributed by atoms with E-state index in [4.69, 9.17) is 4.74 Å². The van der Waals surface area contributed by atoms with E-state index in [-0.39, 0.29) is 17.3 Å². The second-order valence-corrected chi connectivity index (χ2v) is 9.75. The van der Waals surface area contributed by atoms with E-state index in [1.807, 2.05) is 14.1 Å². The first kappa shape index (κ1) is 24.0. The van der Waals surface area contributed by atoms with Gasteiger partial charge in [0.25, 0.3) is 0 Å². The number of rotatable bonds is 8. The van der Waals surface area contributed by atoms with Gasteiger partial charge in [-0.15, -0.1) is 0 Å². The van der Waals surface area contributed by atoms with Crippen molar-refractivity contribution in [3.63, 3.8) is 0 Å². The van der Waals surface area contributed by atoms with Gasteiger partial charge in [-0.2, -0.15) is 0 Å². The maximum absolute atomic E-state index is 12.9. The van der Waals surface area contributed by atoms with E-state index in [2.05, 4.69) is 75.9 Å². The van der Waals surface area contributed by atoms with E-state index in [0.717, 1.165) is 29.7 Å². The van der Waals surface area contributed by atoms with Crippen molar-refractivity contribution in [3.8, 4) is 11.1 Å². The molecule has 0 heterocycles. The smallest absolute Gasteiger partial charge is 0.313 e. The maximum atomic E-state index is 12.9. The Hall–Kier alpha value is -2.29. The van der Waals surface area contributed by atoms with Gasteiger partial charge in [-0.25, -0.2) is 0 Å². The highest BCUT2D eigenvalue weighted by Gasteiger charge is 2.30. The van der Waals surface area contributed by atoms with Crippen molar-refractivity contribution in [1.29, 1.82) is 0 Å². The van der Waals surface area contributed by atoms with Crippen molar-refractivity contribution >= 4 is 11.7 Å². The molecule has 30 heavy (non-hydrogen) atoms. The van der Waals surface area contributed by atoms with E-state index < -0.39 is 0 Å². The summed E-state index contributed by atoms with van der Waals surface area (Å²) < 4.78 is 5.25. The van der Waals surface area contributed by atoms with Crippen LogP contribution in [0.4, 0.5) is 5.69 Å². The van der Waals surface area contributed by atoms with E-state index in [1.165, 1.54) is 36.6 Å². The van der Waals surface area contributed by atoms with Crippen molar-refractivity contribution in [2.45, 2.75) is 66.2 Å². The van der Waals surface area contributed by atoms with Gasteiger partial charge in [0.2, 0.25) is 0 Å². The van der Waals surface area contributed by atoms with Crippen molar-refractivity contribution in [2.75, 3.05) is 26.1 Å². The van der Waals surface area contributed by atoms with Gasteiger partial charge in [0.15, 0.2) is 0 Å². The molecule has 0 bridgehead atoms. The third-order valence-corrected chi connectivity index (χ3v) is 5.69. The summed E-state index contributed by atoms with van der Waals surface area (Å²) in [7, 11) is 5.55. The molecule has 2 aromatic rings. The fourth-order valence-electron chi connectivity index (χ4n) is 3.93. The number of ether oxygens (including phenoxy) is 1. The Kier molecular flexibility index (Phi) is 8.11. The number of nitrogens with zero attached hydrogens (tertiary/aromatic N) is 1. The van der Waals surface area contributed by atoms with Crippen LogP contribution in [0.2, 0.25) is 0 Å². The summed E-state index contributed by atoms with van der Waals surface area (Å²) in [6.45, 7) is 10.9. The molecule has 0 aromatic heterocycles. The van der Waals surface area contributed by atoms with Gasteiger partial charge in [0.1, 0.15) is 0 Å². The number of carbonyl (C=O) groups excluding carboxylic acids is 1. The molecular weight excluding hydrogens is 370 g/mol. The van der Waals surface area contributed by atoms with Gasteiger partial charge in [0.05, 0.1) is 13.0 Å². The SMILES string of the molecule is CCCCc1cc(-c2ccc(N(C)C)cc2C(CC(C)(C)C)C(=O)OC)ccc1C. The van der Waals surface area contributed by atoms with Gasteiger partial charge < -0.3 is 9.64 Å². The average Bonchev–Trinajstić information content (AvgIpc) is 2.69. The number of aryl methyl sites for hydroxylation is 2. The molecule has 0 saturated carbocycles. The molecule has 3 nitrogen and oxygen atoms in total. The molecule has 1 atom stereocenters. The highest BCUT2D eigenvalue weighted by atomic mass is 16.5. The Morgan fingerprint density at radius 2 is 1.80 bits per heavy atom. The highest BCUT2D eigenvalue weighted by Crippen LogP contribution is 2.39. The Labute approximate surface area is 183 Å². The van der Waals surface area contributed by atoms with Gasteiger partial charge >= 0.3 is 5.97 Å². The highest BCUT2D eigenvalue weighted by molar-refractivity contribution is 5.84. The number of carbonyl (C=O) groups is 1. The van der Waals surface area contributed by atoms with E-state index in [0.29, 0.717) is 0 Å². The van der Waals surface area contributed by atoms with Crippen LogP contribution in [0.3, 0.4) is 0 Å². The average molecular weight is 410 g/mol. The normalized spacial score (nSPS) is 12.5. The lowest BCUT2D eigenvalue weighted by Crippen LogP contribution is -2.22. The largest absolute Gasteiger partial charge is 0.469 e. The van der Waals surface area contributed by atoms with Crippen molar-refractivity contribution in [1.82, 2.24) is 0 Å². The van der Waals surface area contributed by atoms with Crippen LogP contribution in [0.15, 0.2) is 36.4 Å². The summed E-state index contributed by atoms with van der Waals surface area (Å²) in [6, 6.07) is 13.2. The maximum Gasteiger partial charge on any atom is 0.313 e. The molecule has 0 N–H and O–H groups in total. The Balaban J connectivity index is 2.66. The molecule has 3 heteroatoms. The molecule has 0 saturated heterocycles. The van der Waals surface area contributed by atoms with Crippen LogP contribution in [-0.2, 0) is 16.0 Å². The van der Waals surface area contributed by atoms with Gasteiger partial charge in [-0.1, -0.05) is 58.4 Å². The molecule has 2 rings (SSSR count). The molecule has 2 aromatic carbocycles. The zero-order chi connectivity index (χ0) is 22.5. The second kappa shape index (κ2) is 10.1. The summed E-state index contributed by atoms with van der Waals surface area (Å²) in [6.07, 6.45) is 4.19. The molecule has 0 radical (unpaired) electrons. The Morgan fingerprint density at radius 1 is 1.10 bits per heavy atom. The predicted molar refractivity (Wildman–Crippen MR) is 128 cm³/mol. The molecule has 164 valence electrons. The topological polar surface area (TPSA) is 29.5 Å². The molecule has 0 aliphatic heterocycles. The van der Waals surface area contributed by atoms with Gasteiger partial charge in [-0.05, 0) is 71.6 Å². The summed E-state index contributed by atoms with van der Waals surface area (Å²) >= 11 is 0. The lowest BCUT2D eigenvalue weighted by molar-refractivity contribution is -0.143. The summed E-state index contributed by atoms with van der Waals surface area (Å²) in [4.78, 5) is 15.0. The standard InChI is InChI=1S/C27H39NO2/c1-9-10-11-20-16-21(13-12-19(20)2)23-15-14-22(28(6)7)17-24(23)25(26(29)30-8)18-27(3,4)5/h12-17,25H,9-11,18H2,1-8H3. The predicted octanol–water partition coefficient (Wildman–Crippen LogP) is 6.76. The Morgan fingerprint density at radius 3 is 2.37 bits per heavy atom. The lowest BCUT2D eigenvalue weighted by Gasteiger charge is -2.27. The number of hydrogen-bond donors (Lipinski definition) is 0. The van der Waals surface area contributed by atoms with Crippen molar-refractivity contribution < 1.29 is 9.53 Å². The van der Waals surface area contributed by atoms with Crippen LogP contribution in [-0.4, -0.2) is 27.2 Å². The van der Waals surface area contributed by atoms with Crippen LogP contribution in [0.5, 0.6) is 0 Å². The first-order valence-electron chi connectivity index (χ1n) is 11.1.